The van der Waals surface area contributed by atoms with Crippen LogP contribution in [-0.4, -0.2) is 32.7 Å². The van der Waals surface area contributed by atoms with E-state index in [1.165, 1.54) is 0 Å². The second kappa shape index (κ2) is 6.04. The highest BCUT2D eigenvalue weighted by atomic mass is 19.4. The molecule has 118 valence electrons. The summed E-state index contributed by atoms with van der Waals surface area (Å²) in [7, 11) is 0. The Labute approximate surface area is 123 Å². The first-order valence-electron chi connectivity index (χ1n) is 6.22. The number of rotatable bonds is 5. The topological polar surface area (TPSA) is 77.2 Å². The van der Waals surface area contributed by atoms with Gasteiger partial charge in [-0.1, -0.05) is 17.3 Å². The summed E-state index contributed by atoms with van der Waals surface area (Å²) < 4.78 is 44.5. The third kappa shape index (κ3) is 3.54. The van der Waals surface area contributed by atoms with Crippen molar-refractivity contribution in [2.45, 2.75) is 19.6 Å². The summed E-state index contributed by atoms with van der Waals surface area (Å²) in [5.74, 6) is -1.27. The van der Waals surface area contributed by atoms with Crippen molar-refractivity contribution in [3.05, 3.63) is 41.2 Å². The number of carboxylic acid groups (broad SMARTS) is 1. The number of aromatic carboxylic acids is 1. The van der Waals surface area contributed by atoms with E-state index in [9.17, 15) is 18.0 Å². The lowest BCUT2D eigenvalue weighted by Crippen LogP contribution is -2.20. The van der Waals surface area contributed by atoms with Crippen LogP contribution in [-0.2, 0) is 12.7 Å². The van der Waals surface area contributed by atoms with E-state index in [2.05, 4.69) is 10.3 Å². The molecule has 0 aliphatic carbocycles. The van der Waals surface area contributed by atoms with Crippen LogP contribution in [0.2, 0.25) is 0 Å². The van der Waals surface area contributed by atoms with E-state index in [0.29, 0.717) is 10.4 Å². The monoisotopic (exact) mass is 315 g/mol. The zero-order chi connectivity index (χ0) is 16.3. The number of halogens is 3. The van der Waals surface area contributed by atoms with Gasteiger partial charge in [-0.05, 0) is 24.6 Å². The molecule has 1 aromatic carbocycles. The number of aryl methyl sites for hydroxylation is 1. The fourth-order valence-electron chi connectivity index (χ4n) is 1.85. The molecule has 2 aromatic rings. The van der Waals surface area contributed by atoms with E-state index in [4.69, 9.17) is 9.84 Å². The number of ether oxygens (including phenoxy) is 1. The Hall–Kier alpha value is -2.58. The molecule has 9 heteroatoms. The molecule has 0 unspecified atom stereocenters. The Morgan fingerprint density at radius 2 is 2.14 bits per heavy atom. The van der Waals surface area contributed by atoms with Crippen LogP contribution in [0.3, 0.4) is 0 Å². The highest BCUT2D eigenvalue weighted by Gasteiger charge is 2.41. The predicted octanol–water partition coefficient (Wildman–Crippen LogP) is 2.38. The molecule has 1 aromatic heterocycles. The average molecular weight is 315 g/mol. The first kappa shape index (κ1) is 15.8. The van der Waals surface area contributed by atoms with Gasteiger partial charge in [0.2, 0.25) is 5.69 Å². The van der Waals surface area contributed by atoms with Gasteiger partial charge >= 0.3 is 12.1 Å². The molecule has 1 heterocycles. The molecule has 2 rings (SSSR count). The van der Waals surface area contributed by atoms with E-state index < -0.39 is 23.5 Å². The normalized spacial score (nSPS) is 11.5. The van der Waals surface area contributed by atoms with E-state index in [1.54, 1.807) is 18.2 Å². The van der Waals surface area contributed by atoms with Gasteiger partial charge in [0.1, 0.15) is 12.4 Å². The number of nitrogens with zero attached hydrogens (tertiary/aromatic N) is 3. The van der Waals surface area contributed by atoms with Gasteiger partial charge in [-0.2, -0.15) is 13.2 Å². The van der Waals surface area contributed by atoms with E-state index in [1.807, 2.05) is 13.0 Å². The number of carboxylic acids is 1. The Kier molecular flexibility index (Phi) is 4.34. The summed E-state index contributed by atoms with van der Waals surface area (Å²) in [6.45, 7) is 1.48. The summed E-state index contributed by atoms with van der Waals surface area (Å²) in [6, 6.07) is 7.01. The van der Waals surface area contributed by atoms with E-state index >= 15 is 0 Å². The van der Waals surface area contributed by atoms with Crippen LogP contribution in [0.5, 0.6) is 5.75 Å². The van der Waals surface area contributed by atoms with Crippen molar-refractivity contribution in [1.82, 2.24) is 15.0 Å². The lowest BCUT2D eigenvalue weighted by atomic mass is 10.2. The zero-order valence-electron chi connectivity index (χ0n) is 11.5. The molecule has 0 aliphatic heterocycles. The van der Waals surface area contributed by atoms with Crippen LogP contribution in [0.4, 0.5) is 13.2 Å². The van der Waals surface area contributed by atoms with Gasteiger partial charge in [0.05, 0.1) is 6.54 Å². The van der Waals surface area contributed by atoms with Crippen molar-refractivity contribution in [3.8, 4) is 5.75 Å². The molecule has 0 saturated carbocycles. The van der Waals surface area contributed by atoms with Gasteiger partial charge < -0.3 is 9.84 Å². The number of hydrogen-bond acceptors (Lipinski definition) is 4. The maximum atomic E-state index is 12.9. The van der Waals surface area contributed by atoms with Crippen molar-refractivity contribution >= 4 is 5.97 Å². The fraction of sp³-hybridized carbons (Fsp3) is 0.308. The Balaban J connectivity index is 2.12. The number of benzene rings is 1. The van der Waals surface area contributed by atoms with Crippen LogP contribution >= 0.6 is 0 Å². The minimum Gasteiger partial charge on any atom is -0.492 e. The predicted molar refractivity (Wildman–Crippen MR) is 68.7 cm³/mol. The first-order chi connectivity index (χ1) is 10.3. The molecule has 6 nitrogen and oxygen atoms in total. The van der Waals surface area contributed by atoms with Crippen molar-refractivity contribution in [2.75, 3.05) is 6.61 Å². The van der Waals surface area contributed by atoms with Crippen LogP contribution < -0.4 is 4.74 Å². The van der Waals surface area contributed by atoms with Crippen LogP contribution in [0.15, 0.2) is 24.3 Å². The van der Waals surface area contributed by atoms with Crippen molar-refractivity contribution in [3.63, 3.8) is 0 Å². The standard InChI is InChI=1S/C13H12F3N3O3/c1-8-3-2-4-9(7-8)22-6-5-19-11(13(14,15)16)10(12(20)21)17-18-19/h2-4,7H,5-6H2,1H3,(H,20,21). The number of alkyl halides is 3. The fourth-order valence-corrected chi connectivity index (χ4v) is 1.85. The molecule has 0 spiro atoms. The van der Waals surface area contributed by atoms with Crippen molar-refractivity contribution < 1.29 is 27.8 Å². The third-order valence-corrected chi connectivity index (χ3v) is 2.77. The van der Waals surface area contributed by atoms with E-state index in [0.717, 1.165) is 5.56 Å². The van der Waals surface area contributed by atoms with Gasteiger partial charge in [-0.15, -0.1) is 5.10 Å². The molecule has 1 N–H and O–H groups in total. The molecule has 0 radical (unpaired) electrons. The maximum absolute atomic E-state index is 12.9. The summed E-state index contributed by atoms with van der Waals surface area (Å²) in [6.07, 6.45) is -4.86. The Morgan fingerprint density at radius 3 is 2.73 bits per heavy atom. The second-order valence-electron chi connectivity index (χ2n) is 4.48. The summed E-state index contributed by atoms with van der Waals surface area (Å²) in [5.41, 5.74) is -1.57. The Morgan fingerprint density at radius 1 is 1.41 bits per heavy atom. The number of hydrogen-bond donors (Lipinski definition) is 1. The van der Waals surface area contributed by atoms with Crippen molar-refractivity contribution in [1.29, 1.82) is 0 Å². The minimum absolute atomic E-state index is 0.102. The highest BCUT2D eigenvalue weighted by molar-refractivity contribution is 5.86. The third-order valence-electron chi connectivity index (χ3n) is 2.77. The average Bonchev–Trinajstić information content (AvgIpc) is 2.83. The van der Waals surface area contributed by atoms with Gasteiger partial charge in [0, 0.05) is 0 Å². The zero-order valence-corrected chi connectivity index (χ0v) is 11.5. The molecular weight excluding hydrogens is 303 g/mol. The minimum atomic E-state index is -4.86. The van der Waals surface area contributed by atoms with Crippen LogP contribution in [0, 0.1) is 6.92 Å². The molecule has 0 bridgehead atoms. The molecular formula is C13H12F3N3O3. The molecule has 0 amide bonds. The van der Waals surface area contributed by atoms with Gasteiger partial charge in [0.15, 0.2) is 5.69 Å². The quantitative estimate of drug-likeness (QED) is 0.916. The maximum Gasteiger partial charge on any atom is 0.435 e. The molecule has 0 aliphatic rings. The van der Waals surface area contributed by atoms with Gasteiger partial charge in [-0.3, -0.25) is 0 Å². The van der Waals surface area contributed by atoms with Gasteiger partial charge in [0.25, 0.3) is 0 Å². The number of carbonyl (C=O) groups is 1. The Bertz CT molecular complexity index is 683. The summed E-state index contributed by atoms with van der Waals surface area (Å²) in [4.78, 5) is 10.8. The smallest absolute Gasteiger partial charge is 0.435 e. The largest absolute Gasteiger partial charge is 0.492 e. The SMILES string of the molecule is Cc1cccc(OCCn2nnc(C(=O)O)c2C(F)(F)F)c1. The molecule has 0 atom stereocenters. The molecule has 0 saturated heterocycles. The second-order valence-corrected chi connectivity index (χ2v) is 4.48. The van der Waals surface area contributed by atoms with Crippen LogP contribution in [0.25, 0.3) is 0 Å². The molecule has 22 heavy (non-hydrogen) atoms. The van der Waals surface area contributed by atoms with Gasteiger partial charge in [-0.25, -0.2) is 9.48 Å². The van der Waals surface area contributed by atoms with E-state index in [-0.39, 0.29) is 13.2 Å². The lowest BCUT2D eigenvalue weighted by Gasteiger charge is -2.11. The van der Waals surface area contributed by atoms with Crippen molar-refractivity contribution in [2.24, 2.45) is 0 Å². The van der Waals surface area contributed by atoms with Crippen LogP contribution in [0.1, 0.15) is 21.7 Å². The summed E-state index contributed by atoms with van der Waals surface area (Å²) >= 11 is 0. The lowest BCUT2D eigenvalue weighted by molar-refractivity contribution is -0.144. The number of aromatic nitrogens is 3. The first-order valence-corrected chi connectivity index (χ1v) is 6.22. The molecule has 0 fully saturated rings. The summed E-state index contributed by atoms with van der Waals surface area (Å²) in [5, 5.41) is 15.0. The highest BCUT2D eigenvalue weighted by Crippen LogP contribution is 2.31.